The molecular formula is C11H15N3O2. The van der Waals surface area contributed by atoms with Crippen molar-refractivity contribution >= 4 is 11.7 Å². The van der Waals surface area contributed by atoms with Gasteiger partial charge < -0.3 is 15.4 Å². The van der Waals surface area contributed by atoms with E-state index in [-0.39, 0.29) is 12.0 Å². The fourth-order valence-corrected chi connectivity index (χ4v) is 1.87. The Kier molecular flexibility index (Phi) is 3.05. The third-order valence-corrected chi connectivity index (χ3v) is 2.79. The smallest absolute Gasteiger partial charge is 0.254 e. The van der Waals surface area contributed by atoms with Crippen LogP contribution in [0.2, 0.25) is 0 Å². The topological polar surface area (TPSA) is 68.5 Å². The Morgan fingerprint density at radius 1 is 1.69 bits per heavy atom. The van der Waals surface area contributed by atoms with Crippen LogP contribution in [0.5, 0.6) is 0 Å². The third kappa shape index (κ3) is 2.14. The van der Waals surface area contributed by atoms with Gasteiger partial charge >= 0.3 is 0 Å². The summed E-state index contributed by atoms with van der Waals surface area (Å²) < 4.78 is 5.22. The van der Waals surface area contributed by atoms with Crippen LogP contribution in [0, 0.1) is 0 Å². The molecular weight excluding hydrogens is 206 g/mol. The number of aromatic nitrogens is 1. The van der Waals surface area contributed by atoms with Gasteiger partial charge in [-0.2, -0.15) is 0 Å². The van der Waals surface area contributed by atoms with Gasteiger partial charge in [0.25, 0.3) is 5.91 Å². The first-order chi connectivity index (χ1) is 7.70. The molecule has 1 aliphatic heterocycles. The van der Waals surface area contributed by atoms with E-state index in [1.54, 1.807) is 30.3 Å². The van der Waals surface area contributed by atoms with Crippen LogP contribution in [-0.4, -0.2) is 42.1 Å². The van der Waals surface area contributed by atoms with Crippen LogP contribution in [0.25, 0.3) is 0 Å². The number of nitrogens with two attached hydrogens (primary N) is 1. The number of pyridine rings is 1. The molecule has 1 saturated heterocycles. The second-order valence-corrected chi connectivity index (χ2v) is 3.87. The number of likely N-dealkylation sites (tertiary alicyclic amines) is 1. The van der Waals surface area contributed by atoms with Gasteiger partial charge in [0.1, 0.15) is 5.82 Å². The van der Waals surface area contributed by atoms with Crippen LogP contribution in [0.15, 0.2) is 18.3 Å². The minimum atomic E-state index is -0.00588. The highest BCUT2D eigenvalue weighted by molar-refractivity contribution is 5.94. The number of hydrogen-bond donors (Lipinski definition) is 1. The number of carbonyl (C=O) groups excluding carboxylic acids is 1. The van der Waals surface area contributed by atoms with Crippen LogP contribution >= 0.6 is 0 Å². The molecule has 1 aliphatic rings. The first kappa shape index (κ1) is 10.9. The number of rotatable bonds is 2. The predicted molar refractivity (Wildman–Crippen MR) is 60.0 cm³/mol. The average molecular weight is 221 g/mol. The highest BCUT2D eigenvalue weighted by Crippen LogP contribution is 2.15. The van der Waals surface area contributed by atoms with Crippen molar-refractivity contribution in [2.24, 2.45) is 0 Å². The zero-order chi connectivity index (χ0) is 11.5. The van der Waals surface area contributed by atoms with E-state index in [0.717, 1.165) is 13.0 Å². The normalized spacial score (nSPS) is 20.1. The molecule has 0 aliphatic carbocycles. The maximum Gasteiger partial charge on any atom is 0.254 e. The fourth-order valence-electron chi connectivity index (χ4n) is 1.87. The zero-order valence-corrected chi connectivity index (χ0v) is 9.22. The van der Waals surface area contributed by atoms with Crippen molar-refractivity contribution in [2.45, 2.75) is 12.5 Å². The average Bonchev–Trinajstić information content (AvgIpc) is 2.76. The summed E-state index contributed by atoms with van der Waals surface area (Å²) in [5.41, 5.74) is 6.13. The lowest BCUT2D eigenvalue weighted by Crippen LogP contribution is -2.30. The molecule has 0 saturated carbocycles. The molecule has 0 radical (unpaired) electrons. The van der Waals surface area contributed by atoms with E-state index in [1.807, 2.05) is 0 Å². The lowest BCUT2D eigenvalue weighted by Gasteiger charge is -2.16. The minimum Gasteiger partial charge on any atom is -0.384 e. The van der Waals surface area contributed by atoms with Crippen molar-refractivity contribution < 1.29 is 9.53 Å². The second-order valence-electron chi connectivity index (χ2n) is 3.87. The van der Waals surface area contributed by atoms with Crippen LogP contribution in [0.1, 0.15) is 16.8 Å². The molecule has 16 heavy (non-hydrogen) atoms. The molecule has 1 fully saturated rings. The Balaban J connectivity index is 2.08. The molecule has 2 heterocycles. The highest BCUT2D eigenvalue weighted by Gasteiger charge is 2.26. The van der Waals surface area contributed by atoms with Gasteiger partial charge in [-0.3, -0.25) is 4.79 Å². The van der Waals surface area contributed by atoms with Crippen molar-refractivity contribution in [2.75, 3.05) is 25.9 Å². The summed E-state index contributed by atoms with van der Waals surface area (Å²) in [5, 5.41) is 0. The van der Waals surface area contributed by atoms with E-state index < -0.39 is 0 Å². The monoisotopic (exact) mass is 221 g/mol. The molecule has 86 valence electrons. The van der Waals surface area contributed by atoms with Crippen LogP contribution in [0.4, 0.5) is 5.82 Å². The molecule has 0 aromatic carbocycles. The van der Waals surface area contributed by atoms with Crippen LogP contribution in [0.3, 0.4) is 0 Å². The lowest BCUT2D eigenvalue weighted by atomic mass is 10.2. The van der Waals surface area contributed by atoms with Gasteiger partial charge in [-0.1, -0.05) is 0 Å². The Morgan fingerprint density at radius 2 is 2.50 bits per heavy atom. The molecule has 2 rings (SSSR count). The molecule has 2 N–H and O–H groups in total. The number of amides is 1. The summed E-state index contributed by atoms with van der Waals surface area (Å²) in [4.78, 5) is 17.7. The van der Waals surface area contributed by atoms with Crippen molar-refractivity contribution in [3.63, 3.8) is 0 Å². The molecule has 0 spiro atoms. The van der Waals surface area contributed by atoms with E-state index >= 15 is 0 Å². The molecule has 1 aromatic rings. The molecule has 0 bridgehead atoms. The first-order valence-corrected chi connectivity index (χ1v) is 5.24. The number of nitrogens with zero attached hydrogens (tertiary/aromatic N) is 2. The number of hydrogen-bond acceptors (Lipinski definition) is 4. The fraction of sp³-hybridized carbons (Fsp3) is 0.455. The Morgan fingerprint density at radius 3 is 3.12 bits per heavy atom. The van der Waals surface area contributed by atoms with Gasteiger partial charge in [0.05, 0.1) is 6.10 Å². The second kappa shape index (κ2) is 4.49. The summed E-state index contributed by atoms with van der Waals surface area (Å²) >= 11 is 0. The van der Waals surface area contributed by atoms with E-state index in [9.17, 15) is 4.79 Å². The summed E-state index contributed by atoms with van der Waals surface area (Å²) in [6, 6.07) is 3.28. The number of anilines is 1. The van der Waals surface area contributed by atoms with E-state index in [2.05, 4.69) is 4.98 Å². The molecule has 5 heteroatoms. The zero-order valence-electron chi connectivity index (χ0n) is 9.22. The largest absolute Gasteiger partial charge is 0.384 e. The quantitative estimate of drug-likeness (QED) is 0.790. The van der Waals surface area contributed by atoms with E-state index in [4.69, 9.17) is 10.5 Å². The van der Waals surface area contributed by atoms with Crippen molar-refractivity contribution in [1.82, 2.24) is 9.88 Å². The number of carbonyl (C=O) groups is 1. The van der Waals surface area contributed by atoms with Gasteiger partial charge in [-0.15, -0.1) is 0 Å². The Bertz CT molecular complexity index is 395. The predicted octanol–water partition coefficient (Wildman–Crippen LogP) is 0.525. The van der Waals surface area contributed by atoms with Crippen molar-refractivity contribution in [3.8, 4) is 0 Å². The van der Waals surface area contributed by atoms with Gasteiger partial charge in [0.2, 0.25) is 0 Å². The standard InChI is InChI=1S/C11H15N3O2/c1-16-9-3-5-14(7-9)11(15)8-2-4-13-10(12)6-8/h2,4,6,9H,3,5,7H2,1H3,(H2,12,13). The van der Waals surface area contributed by atoms with Gasteiger partial charge in [-0.25, -0.2) is 4.98 Å². The van der Waals surface area contributed by atoms with Crippen molar-refractivity contribution in [1.29, 1.82) is 0 Å². The summed E-state index contributed by atoms with van der Waals surface area (Å²) in [6.45, 7) is 1.39. The first-order valence-electron chi connectivity index (χ1n) is 5.24. The maximum atomic E-state index is 12.0. The third-order valence-electron chi connectivity index (χ3n) is 2.79. The van der Waals surface area contributed by atoms with Gasteiger partial charge in [0, 0.05) is 32.0 Å². The number of ether oxygens (including phenoxy) is 1. The number of methoxy groups -OCH3 is 1. The minimum absolute atomic E-state index is 0.00588. The van der Waals surface area contributed by atoms with Gasteiger partial charge in [-0.05, 0) is 18.6 Å². The van der Waals surface area contributed by atoms with Gasteiger partial charge in [0.15, 0.2) is 0 Å². The van der Waals surface area contributed by atoms with Crippen molar-refractivity contribution in [3.05, 3.63) is 23.9 Å². The molecule has 1 unspecified atom stereocenters. The Labute approximate surface area is 94.2 Å². The molecule has 1 amide bonds. The molecule has 1 atom stereocenters. The summed E-state index contributed by atoms with van der Waals surface area (Å²) in [5.74, 6) is 0.363. The Hall–Kier alpha value is -1.62. The van der Waals surface area contributed by atoms with E-state index in [1.165, 1.54) is 0 Å². The summed E-state index contributed by atoms with van der Waals surface area (Å²) in [7, 11) is 1.67. The van der Waals surface area contributed by atoms with Crippen LogP contribution < -0.4 is 5.73 Å². The lowest BCUT2D eigenvalue weighted by molar-refractivity contribution is 0.0724. The maximum absolute atomic E-state index is 12.0. The number of nitrogen functional groups attached to an aromatic ring is 1. The van der Waals surface area contributed by atoms with Crippen LogP contribution in [-0.2, 0) is 4.74 Å². The molecule has 5 nitrogen and oxygen atoms in total. The van der Waals surface area contributed by atoms with E-state index in [0.29, 0.717) is 17.9 Å². The SMILES string of the molecule is COC1CCN(C(=O)c2ccnc(N)c2)C1. The highest BCUT2D eigenvalue weighted by atomic mass is 16.5. The molecule has 1 aromatic heterocycles. The summed E-state index contributed by atoms with van der Waals surface area (Å²) in [6.07, 6.45) is 2.60.